The Labute approximate surface area is 88.4 Å². The van der Waals surface area contributed by atoms with Crippen molar-refractivity contribution in [2.45, 2.75) is 44.3 Å². The molecule has 0 radical (unpaired) electrons. The van der Waals surface area contributed by atoms with Crippen LogP contribution in [0.5, 0.6) is 0 Å². The topological polar surface area (TPSA) is 12.0 Å². The van der Waals surface area contributed by atoms with Gasteiger partial charge in [0.05, 0.1) is 0 Å². The number of fused-ring (bicyclic) bond motifs is 1. The molecule has 3 atom stereocenters. The van der Waals surface area contributed by atoms with E-state index in [1.165, 1.54) is 19.3 Å². The average Bonchev–Trinajstić information content (AvgIpc) is 2.62. The van der Waals surface area contributed by atoms with Crippen LogP contribution in [0.2, 0.25) is 0 Å². The Morgan fingerprint density at radius 1 is 1.27 bits per heavy atom. The van der Waals surface area contributed by atoms with Gasteiger partial charge in [-0.1, -0.05) is 6.42 Å². The Bertz CT molecular complexity index is 216. The predicted molar refractivity (Wildman–Crippen MR) is 52.5 cm³/mol. The second-order valence-corrected chi connectivity index (χ2v) is 4.88. The molecule has 0 spiro atoms. The Morgan fingerprint density at radius 3 is 2.33 bits per heavy atom. The smallest absolute Gasteiger partial charge is 0.317 e. The van der Waals surface area contributed by atoms with Gasteiger partial charge in [0.25, 0.3) is 0 Å². The first kappa shape index (κ1) is 11.2. The third-order valence-corrected chi connectivity index (χ3v) is 4.05. The molecule has 0 heterocycles. The lowest BCUT2D eigenvalue weighted by Gasteiger charge is -2.18. The van der Waals surface area contributed by atoms with E-state index in [2.05, 4.69) is 5.32 Å². The quantitative estimate of drug-likeness (QED) is 0.769. The largest absolute Gasteiger partial charge is 0.389 e. The zero-order chi connectivity index (χ0) is 11.1. The molecular formula is C11H18F3N. The monoisotopic (exact) mass is 221 g/mol. The molecule has 15 heavy (non-hydrogen) atoms. The molecule has 1 N–H and O–H groups in total. The molecule has 2 aliphatic rings. The number of alkyl halides is 3. The van der Waals surface area contributed by atoms with E-state index >= 15 is 0 Å². The summed E-state index contributed by atoms with van der Waals surface area (Å²) in [5.41, 5.74) is 0. The van der Waals surface area contributed by atoms with Crippen molar-refractivity contribution >= 4 is 0 Å². The van der Waals surface area contributed by atoms with Gasteiger partial charge in [-0.05, 0) is 44.1 Å². The van der Waals surface area contributed by atoms with Crippen LogP contribution in [0.25, 0.3) is 0 Å². The van der Waals surface area contributed by atoms with E-state index in [0.29, 0.717) is 5.92 Å². The fraction of sp³-hybridized carbons (Fsp3) is 1.00. The molecular weight excluding hydrogens is 203 g/mol. The van der Waals surface area contributed by atoms with Crippen LogP contribution < -0.4 is 5.32 Å². The molecule has 0 amide bonds. The molecule has 0 aliphatic heterocycles. The van der Waals surface area contributed by atoms with Gasteiger partial charge in [-0.25, -0.2) is 0 Å². The molecule has 2 aliphatic carbocycles. The molecule has 0 aromatic rings. The first-order valence-corrected chi connectivity index (χ1v) is 5.77. The fourth-order valence-electron chi connectivity index (χ4n) is 3.32. The second-order valence-electron chi connectivity index (χ2n) is 4.88. The van der Waals surface area contributed by atoms with Crippen LogP contribution in [0.1, 0.15) is 32.1 Å². The molecule has 2 saturated carbocycles. The fourth-order valence-corrected chi connectivity index (χ4v) is 3.32. The van der Waals surface area contributed by atoms with Crippen molar-refractivity contribution in [2.24, 2.45) is 17.8 Å². The van der Waals surface area contributed by atoms with E-state index in [0.717, 1.165) is 11.8 Å². The molecule has 3 unspecified atom stereocenters. The molecule has 0 aromatic carbocycles. The summed E-state index contributed by atoms with van der Waals surface area (Å²) in [6.45, 7) is 0. The zero-order valence-corrected chi connectivity index (χ0v) is 8.98. The van der Waals surface area contributed by atoms with Crippen molar-refractivity contribution in [1.29, 1.82) is 0 Å². The average molecular weight is 221 g/mol. The summed E-state index contributed by atoms with van der Waals surface area (Å²) in [7, 11) is 1.79. The maximum atomic E-state index is 12.1. The Hall–Kier alpha value is -0.250. The SMILES string of the molecule is CNC(CCC(F)(F)F)C1C2CCCC21. The lowest BCUT2D eigenvalue weighted by Crippen LogP contribution is -2.30. The number of nitrogens with one attached hydrogen (secondary N) is 1. The normalized spacial score (nSPS) is 36.4. The van der Waals surface area contributed by atoms with Gasteiger partial charge >= 0.3 is 6.18 Å². The molecule has 4 heteroatoms. The van der Waals surface area contributed by atoms with E-state index in [1.54, 1.807) is 7.05 Å². The highest BCUT2D eigenvalue weighted by Crippen LogP contribution is 2.59. The summed E-state index contributed by atoms with van der Waals surface area (Å²) in [5.74, 6) is 2.00. The Kier molecular flexibility index (Phi) is 2.97. The Morgan fingerprint density at radius 2 is 1.87 bits per heavy atom. The highest BCUT2D eigenvalue weighted by Gasteiger charge is 2.55. The third kappa shape index (κ3) is 2.47. The molecule has 2 rings (SSSR count). The van der Waals surface area contributed by atoms with Crippen molar-refractivity contribution in [3.05, 3.63) is 0 Å². The van der Waals surface area contributed by atoms with Crippen molar-refractivity contribution in [2.75, 3.05) is 7.05 Å². The molecule has 1 nitrogen and oxygen atoms in total. The maximum absolute atomic E-state index is 12.1. The van der Waals surface area contributed by atoms with Gasteiger partial charge in [0.2, 0.25) is 0 Å². The number of hydrogen-bond donors (Lipinski definition) is 1. The van der Waals surface area contributed by atoms with Crippen LogP contribution in [-0.4, -0.2) is 19.3 Å². The zero-order valence-electron chi connectivity index (χ0n) is 8.98. The highest BCUT2D eigenvalue weighted by molar-refractivity contribution is 5.05. The molecule has 0 saturated heterocycles. The van der Waals surface area contributed by atoms with E-state index < -0.39 is 12.6 Å². The first-order valence-electron chi connectivity index (χ1n) is 5.77. The summed E-state index contributed by atoms with van der Waals surface area (Å²) in [6.07, 6.45) is -0.647. The summed E-state index contributed by atoms with van der Waals surface area (Å²) < 4.78 is 36.3. The lowest BCUT2D eigenvalue weighted by molar-refractivity contribution is -0.136. The van der Waals surface area contributed by atoms with Crippen LogP contribution in [0, 0.1) is 17.8 Å². The number of rotatable bonds is 4. The second kappa shape index (κ2) is 3.96. The summed E-state index contributed by atoms with van der Waals surface area (Å²) in [5, 5.41) is 3.07. The van der Waals surface area contributed by atoms with Crippen molar-refractivity contribution < 1.29 is 13.2 Å². The first-order chi connectivity index (χ1) is 7.03. The number of halogens is 3. The molecule has 0 bridgehead atoms. The van der Waals surface area contributed by atoms with Crippen LogP contribution in [-0.2, 0) is 0 Å². The number of hydrogen-bond acceptors (Lipinski definition) is 1. The van der Waals surface area contributed by atoms with Crippen molar-refractivity contribution in [3.63, 3.8) is 0 Å². The van der Waals surface area contributed by atoms with Gasteiger partial charge in [-0.2, -0.15) is 13.2 Å². The van der Waals surface area contributed by atoms with Crippen LogP contribution in [0.15, 0.2) is 0 Å². The minimum atomic E-state index is -4.00. The minimum absolute atomic E-state index is 0.0851. The van der Waals surface area contributed by atoms with Gasteiger partial charge in [-0.3, -0.25) is 0 Å². The van der Waals surface area contributed by atoms with Crippen LogP contribution in [0.3, 0.4) is 0 Å². The van der Waals surface area contributed by atoms with E-state index in [1.807, 2.05) is 0 Å². The van der Waals surface area contributed by atoms with Gasteiger partial charge in [0.15, 0.2) is 0 Å². The predicted octanol–water partition coefficient (Wildman–Crippen LogP) is 2.96. The highest BCUT2D eigenvalue weighted by atomic mass is 19.4. The van der Waals surface area contributed by atoms with Gasteiger partial charge in [-0.15, -0.1) is 0 Å². The maximum Gasteiger partial charge on any atom is 0.389 e. The van der Waals surface area contributed by atoms with Crippen LogP contribution >= 0.6 is 0 Å². The van der Waals surface area contributed by atoms with E-state index in [9.17, 15) is 13.2 Å². The molecule has 88 valence electrons. The van der Waals surface area contributed by atoms with Gasteiger partial charge in [0.1, 0.15) is 0 Å². The van der Waals surface area contributed by atoms with Crippen LogP contribution in [0.4, 0.5) is 13.2 Å². The van der Waals surface area contributed by atoms with E-state index in [4.69, 9.17) is 0 Å². The molecule has 0 aromatic heterocycles. The van der Waals surface area contributed by atoms with Crippen molar-refractivity contribution in [1.82, 2.24) is 5.32 Å². The molecule has 2 fully saturated rings. The third-order valence-electron chi connectivity index (χ3n) is 4.05. The van der Waals surface area contributed by atoms with Gasteiger partial charge < -0.3 is 5.32 Å². The van der Waals surface area contributed by atoms with Gasteiger partial charge in [0, 0.05) is 12.5 Å². The Balaban J connectivity index is 1.79. The summed E-state index contributed by atoms with van der Waals surface area (Å²) >= 11 is 0. The van der Waals surface area contributed by atoms with E-state index in [-0.39, 0.29) is 12.5 Å². The summed E-state index contributed by atoms with van der Waals surface area (Å²) in [4.78, 5) is 0. The minimum Gasteiger partial charge on any atom is -0.317 e. The van der Waals surface area contributed by atoms with Crippen molar-refractivity contribution in [3.8, 4) is 0 Å². The summed E-state index contributed by atoms with van der Waals surface area (Å²) in [6, 6.07) is 0.0851. The lowest BCUT2D eigenvalue weighted by atomic mass is 10.00. The standard InChI is InChI=1S/C11H18F3N/c1-15-9(5-6-11(12,13)14)10-7-3-2-4-8(7)10/h7-10,15H,2-6H2,1H3.